The lowest BCUT2D eigenvalue weighted by molar-refractivity contribution is -0.140. The highest BCUT2D eigenvalue weighted by molar-refractivity contribution is 5.95. The maximum atomic E-state index is 12.5. The van der Waals surface area contributed by atoms with Gasteiger partial charge in [0.15, 0.2) is 0 Å². The summed E-state index contributed by atoms with van der Waals surface area (Å²) in [6.07, 6.45) is 1.76. The third-order valence-electron chi connectivity index (χ3n) is 4.74. The summed E-state index contributed by atoms with van der Waals surface area (Å²) in [5.74, 6) is -0.896. The van der Waals surface area contributed by atoms with Crippen LogP contribution in [0, 0.1) is 6.92 Å². The van der Waals surface area contributed by atoms with E-state index < -0.39 is 0 Å². The first-order valence-electron chi connectivity index (χ1n) is 10.1. The Morgan fingerprint density at radius 2 is 1.70 bits per heavy atom. The molecule has 2 N–H and O–H groups in total. The molecule has 0 spiro atoms. The minimum atomic E-state index is -0.364. The molecular formula is C23H27N3O4. The lowest BCUT2D eigenvalue weighted by atomic mass is 10.2. The number of carbonyl (C=O) groups excluding carboxylic acids is 3. The highest BCUT2D eigenvalue weighted by Gasteiger charge is 2.33. The Labute approximate surface area is 176 Å². The fourth-order valence-corrected chi connectivity index (χ4v) is 2.95. The Bertz CT molecular complexity index is 864. The molecule has 0 unspecified atom stereocenters. The number of hydrogen-bond acceptors (Lipinski definition) is 4. The lowest BCUT2D eigenvalue weighted by Gasteiger charge is -2.21. The molecule has 0 aliphatic heterocycles. The summed E-state index contributed by atoms with van der Waals surface area (Å²) >= 11 is 0. The van der Waals surface area contributed by atoms with Crippen LogP contribution in [0.2, 0.25) is 0 Å². The second kappa shape index (κ2) is 10.5. The van der Waals surface area contributed by atoms with E-state index >= 15 is 0 Å². The predicted octanol–water partition coefficient (Wildman–Crippen LogP) is 2.26. The van der Waals surface area contributed by atoms with Gasteiger partial charge in [-0.1, -0.05) is 48.0 Å². The number of rotatable bonds is 10. The molecule has 1 saturated carbocycles. The maximum absolute atomic E-state index is 12.5. The van der Waals surface area contributed by atoms with Crippen molar-refractivity contribution in [1.82, 2.24) is 10.2 Å². The third kappa shape index (κ3) is 7.00. The number of carbonyl (C=O) groups is 3. The summed E-state index contributed by atoms with van der Waals surface area (Å²) in [7, 11) is 0. The Morgan fingerprint density at radius 1 is 1.00 bits per heavy atom. The molecule has 1 aliphatic rings. The van der Waals surface area contributed by atoms with Crippen LogP contribution in [-0.2, 0) is 25.7 Å². The van der Waals surface area contributed by atoms with Crippen LogP contribution >= 0.6 is 0 Å². The zero-order chi connectivity index (χ0) is 21.3. The number of benzene rings is 2. The van der Waals surface area contributed by atoms with Crippen LogP contribution in [0.4, 0.5) is 5.69 Å². The van der Waals surface area contributed by atoms with E-state index in [1.165, 1.54) is 4.90 Å². The molecule has 1 aliphatic carbocycles. The molecule has 1 fully saturated rings. The normalized spacial score (nSPS) is 12.8. The van der Waals surface area contributed by atoms with Gasteiger partial charge >= 0.3 is 0 Å². The van der Waals surface area contributed by atoms with Crippen LogP contribution in [0.25, 0.3) is 0 Å². The van der Waals surface area contributed by atoms with E-state index in [1.807, 2.05) is 49.4 Å². The average molecular weight is 409 g/mol. The van der Waals surface area contributed by atoms with Crippen molar-refractivity contribution in [3.05, 3.63) is 65.7 Å². The Morgan fingerprint density at radius 3 is 2.37 bits per heavy atom. The summed E-state index contributed by atoms with van der Waals surface area (Å²) < 4.78 is 5.51. The minimum absolute atomic E-state index is 0.0734. The first kappa shape index (κ1) is 21.5. The molecule has 3 amide bonds. The number of aryl methyl sites for hydroxylation is 1. The Balaban J connectivity index is 1.40. The molecule has 7 nitrogen and oxygen atoms in total. The Hall–Kier alpha value is -3.19. The quantitative estimate of drug-likeness (QED) is 0.630. The van der Waals surface area contributed by atoms with Gasteiger partial charge in [0.05, 0.1) is 19.7 Å². The molecule has 0 heterocycles. The molecule has 0 atom stereocenters. The largest absolute Gasteiger partial charge is 0.367 e. The van der Waals surface area contributed by atoms with Crippen LogP contribution < -0.4 is 10.6 Å². The van der Waals surface area contributed by atoms with Gasteiger partial charge < -0.3 is 20.3 Å². The molecule has 0 radical (unpaired) electrons. The number of nitrogens with one attached hydrogen (secondary N) is 2. The molecule has 0 saturated heterocycles. The van der Waals surface area contributed by atoms with Crippen LogP contribution in [0.5, 0.6) is 0 Å². The fraction of sp³-hybridized carbons (Fsp3) is 0.348. The third-order valence-corrected chi connectivity index (χ3v) is 4.74. The van der Waals surface area contributed by atoms with Gasteiger partial charge in [-0.2, -0.15) is 0 Å². The highest BCUT2D eigenvalue weighted by atomic mass is 16.5. The molecule has 0 aromatic heterocycles. The van der Waals surface area contributed by atoms with Gasteiger partial charge in [0.25, 0.3) is 0 Å². The molecule has 0 bridgehead atoms. The zero-order valence-corrected chi connectivity index (χ0v) is 17.1. The SMILES string of the molecule is Cc1ccc(NC(=O)CNC(=O)CN(C(=O)COCc2ccccc2)C2CC2)cc1. The monoisotopic (exact) mass is 409 g/mol. The molecule has 30 heavy (non-hydrogen) atoms. The van der Waals surface area contributed by atoms with Crippen molar-refractivity contribution in [2.45, 2.75) is 32.4 Å². The molecule has 2 aromatic rings. The van der Waals surface area contributed by atoms with Gasteiger partial charge in [-0.15, -0.1) is 0 Å². The van der Waals surface area contributed by atoms with E-state index in [9.17, 15) is 14.4 Å². The van der Waals surface area contributed by atoms with Gasteiger partial charge in [-0.3, -0.25) is 14.4 Å². The first-order valence-corrected chi connectivity index (χ1v) is 10.1. The van der Waals surface area contributed by atoms with Crippen molar-refractivity contribution in [2.75, 3.05) is 25.0 Å². The first-order chi connectivity index (χ1) is 14.5. The zero-order valence-electron chi connectivity index (χ0n) is 17.1. The van der Waals surface area contributed by atoms with Gasteiger partial charge in [0.1, 0.15) is 6.61 Å². The topological polar surface area (TPSA) is 87.7 Å². The maximum Gasteiger partial charge on any atom is 0.249 e. The van der Waals surface area contributed by atoms with Crippen LogP contribution in [0.3, 0.4) is 0 Å². The van der Waals surface area contributed by atoms with E-state index in [0.717, 1.165) is 24.0 Å². The molecule has 7 heteroatoms. The molecule has 158 valence electrons. The van der Waals surface area contributed by atoms with Crippen LogP contribution in [0.15, 0.2) is 54.6 Å². The van der Waals surface area contributed by atoms with Crippen molar-refractivity contribution >= 4 is 23.4 Å². The smallest absolute Gasteiger partial charge is 0.249 e. The second-order valence-electron chi connectivity index (χ2n) is 7.42. The van der Waals surface area contributed by atoms with Crippen molar-refractivity contribution in [3.8, 4) is 0 Å². The number of amides is 3. The van der Waals surface area contributed by atoms with E-state index in [2.05, 4.69) is 10.6 Å². The van der Waals surface area contributed by atoms with E-state index in [0.29, 0.717) is 12.3 Å². The summed E-state index contributed by atoms with van der Waals surface area (Å²) in [4.78, 5) is 38.3. The van der Waals surface area contributed by atoms with Crippen molar-refractivity contribution < 1.29 is 19.1 Å². The van der Waals surface area contributed by atoms with Gasteiger partial charge in [-0.05, 0) is 37.5 Å². The number of anilines is 1. The standard InChI is InChI=1S/C23H27N3O4/c1-17-7-9-19(10-8-17)25-21(27)13-24-22(28)14-26(20-11-12-20)23(29)16-30-15-18-5-3-2-4-6-18/h2-10,20H,11-16H2,1H3,(H,24,28)(H,25,27). The van der Waals surface area contributed by atoms with Gasteiger partial charge in [0, 0.05) is 11.7 Å². The van der Waals surface area contributed by atoms with Crippen LogP contribution in [-0.4, -0.2) is 48.4 Å². The number of ether oxygens (including phenoxy) is 1. The van der Waals surface area contributed by atoms with E-state index in [1.54, 1.807) is 12.1 Å². The predicted molar refractivity (Wildman–Crippen MR) is 114 cm³/mol. The summed E-state index contributed by atoms with van der Waals surface area (Å²) in [5.41, 5.74) is 2.75. The fourth-order valence-electron chi connectivity index (χ4n) is 2.95. The second-order valence-corrected chi connectivity index (χ2v) is 7.42. The highest BCUT2D eigenvalue weighted by Crippen LogP contribution is 2.26. The number of hydrogen-bond donors (Lipinski definition) is 2. The van der Waals surface area contributed by atoms with Crippen molar-refractivity contribution in [1.29, 1.82) is 0 Å². The molecular weight excluding hydrogens is 382 g/mol. The summed E-state index contributed by atoms with van der Waals surface area (Å²) in [5, 5.41) is 5.30. The van der Waals surface area contributed by atoms with Crippen LogP contribution in [0.1, 0.15) is 24.0 Å². The lowest BCUT2D eigenvalue weighted by Crippen LogP contribution is -2.45. The average Bonchev–Trinajstić information content (AvgIpc) is 3.58. The van der Waals surface area contributed by atoms with Crippen molar-refractivity contribution in [3.63, 3.8) is 0 Å². The van der Waals surface area contributed by atoms with E-state index in [-0.39, 0.29) is 43.5 Å². The van der Waals surface area contributed by atoms with E-state index in [4.69, 9.17) is 4.74 Å². The Kier molecular flexibility index (Phi) is 7.57. The number of nitrogens with zero attached hydrogens (tertiary/aromatic N) is 1. The molecule has 3 rings (SSSR count). The van der Waals surface area contributed by atoms with Gasteiger partial charge in [0.2, 0.25) is 17.7 Å². The summed E-state index contributed by atoms with van der Waals surface area (Å²) in [6, 6.07) is 17.1. The van der Waals surface area contributed by atoms with Crippen molar-refractivity contribution in [2.24, 2.45) is 0 Å². The van der Waals surface area contributed by atoms with Gasteiger partial charge in [-0.25, -0.2) is 0 Å². The summed E-state index contributed by atoms with van der Waals surface area (Å²) in [6.45, 7) is 2.01. The minimum Gasteiger partial charge on any atom is -0.367 e. The molecule has 2 aromatic carbocycles.